The summed E-state index contributed by atoms with van der Waals surface area (Å²) in [5.74, 6) is 0. The molecule has 0 aliphatic heterocycles. The molecule has 0 saturated heterocycles. The predicted molar refractivity (Wildman–Crippen MR) is 75.5 cm³/mol. The van der Waals surface area contributed by atoms with E-state index in [1.807, 2.05) is 18.2 Å². The summed E-state index contributed by atoms with van der Waals surface area (Å²) in [5, 5.41) is 0. The van der Waals surface area contributed by atoms with Gasteiger partial charge in [-0.25, -0.2) is 0 Å². The van der Waals surface area contributed by atoms with Crippen LogP contribution in [0.5, 0.6) is 0 Å². The first-order chi connectivity index (χ1) is 7.77. The van der Waals surface area contributed by atoms with E-state index >= 15 is 0 Å². The third-order valence-corrected chi connectivity index (χ3v) is 1.96. The van der Waals surface area contributed by atoms with Gasteiger partial charge < -0.3 is 0 Å². The molecule has 0 spiro atoms. The van der Waals surface area contributed by atoms with Gasteiger partial charge in [-0.2, -0.15) is 0 Å². The molecule has 0 radical (unpaired) electrons. The Morgan fingerprint density at radius 1 is 0.812 bits per heavy atom. The molecule has 0 bridgehead atoms. The Labute approximate surface area is 101 Å². The first kappa shape index (κ1) is 14.7. The minimum atomic E-state index is 1.19. The summed E-state index contributed by atoms with van der Waals surface area (Å²) in [6.07, 6.45) is 22.4. The molecule has 0 heterocycles. The number of hydrogen-bond donors (Lipinski definition) is 0. The largest absolute Gasteiger partial charge is 0.0845 e. The van der Waals surface area contributed by atoms with Crippen LogP contribution in [0.15, 0.2) is 60.3 Å². The fourth-order valence-corrected chi connectivity index (χ4v) is 1.07. The van der Waals surface area contributed by atoms with E-state index in [4.69, 9.17) is 0 Å². The Hall–Kier alpha value is -1.30. The highest BCUT2D eigenvalue weighted by molar-refractivity contribution is 5.18. The minimum absolute atomic E-state index is 1.19. The third kappa shape index (κ3) is 12.7. The van der Waals surface area contributed by atoms with E-state index in [0.717, 1.165) is 0 Å². The highest BCUT2D eigenvalue weighted by Gasteiger charge is 1.74. The molecule has 0 rings (SSSR count). The molecule has 0 nitrogen and oxygen atoms in total. The Bertz CT molecular complexity index is 281. The first-order valence-electron chi connectivity index (χ1n) is 6.07. The monoisotopic (exact) mass is 216 g/mol. The van der Waals surface area contributed by atoms with Gasteiger partial charge in [0.25, 0.3) is 0 Å². The predicted octanol–water partition coefficient (Wildman–Crippen LogP) is 5.37. The molecule has 0 heteroatoms. The zero-order chi connectivity index (χ0) is 12.1. The van der Waals surface area contributed by atoms with Gasteiger partial charge in [0.15, 0.2) is 0 Å². The molecule has 0 saturated carbocycles. The molecule has 16 heavy (non-hydrogen) atoms. The molecular weight excluding hydrogens is 192 g/mol. The molecule has 0 aliphatic carbocycles. The second-order valence-corrected chi connectivity index (χ2v) is 3.97. The van der Waals surface area contributed by atoms with Gasteiger partial charge in [0.2, 0.25) is 0 Å². The zero-order valence-corrected chi connectivity index (χ0v) is 10.8. The van der Waals surface area contributed by atoms with E-state index in [2.05, 4.69) is 57.2 Å². The van der Waals surface area contributed by atoms with Crippen molar-refractivity contribution in [3.8, 4) is 0 Å². The SMILES string of the molecule is CCCCC=CC=CC=CC=CC=C(C)C. The van der Waals surface area contributed by atoms with Crippen LogP contribution < -0.4 is 0 Å². The summed E-state index contributed by atoms with van der Waals surface area (Å²) in [5.41, 5.74) is 1.32. The average Bonchev–Trinajstić information content (AvgIpc) is 2.25. The summed E-state index contributed by atoms with van der Waals surface area (Å²) in [4.78, 5) is 0. The molecule has 0 aliphatic rings. The van der Waals surface area contributed by atoms with E-state index in [1.54, 1.807) is 0 Å². The third-order valence-electron chi connectivity index (χ3n) is 1.96. The lowest BCUT2D eigenvalue weighted by Crippen LogP contribution is -1.64. The van der Waals surface area contributed by atoms with Gasteiger partial charge in [0, 0.05) is 0 Å². The fourth-order valence-electron chi connectivity index (χ4n) is 1.07. The van der Waals surface area contributed by atoms with Crippen LogP contribution in [0.2, 0.25) is 0 Å². The van der Waals surface area contributed by atoms with Gasteiger partial charge in [-0.05, 0) is 20.3 Å². The summed E-state index contributed by atoms with van der Waals surface area (Å²) in [7, 11) is 0. The van der Waals surface area contributed by atoms with Crippen LogP contribution in [0.1, 0.15) is 40.0 Å². The van der Waals surface area contributed by atoms with Gasteiger partial charge in [-0.15, -0.1) is 0 Å². The molecule has 0 N–H and O–H groups in total. The Morgan fingerprint density at radius 3 is 1.94 bits per heavy atom. The van der Waals surface area contributed by atoms with Crippen molar-refractivity contribution in [3.05, 3.63) is 60.3 Å². The molecule has 0 aromatic carbocycles. The second-order valence-electron chi connectivity index (χ2n) is 3.97. The van der Waals surface area contributed by atoms with E-state index in [9.17, 15) is 0 Å². The summed E-state index contributed by atoms with van der Waals surface area (Å²) in [6.45, 7) is 6.40. The highest BCUT2D eigenvalue weighted by atomic mass is 13.8. The van der Waals surface area contributed by atoms with Gasteiger partial charge in [0.1, 0.15) is 0 Å². The normalized spacial score (nSPS) is 12.4. The standard InChI is InChI=1S/C16H24/c1-4-5-6-7-8-9-10-11-12-13-14-15-16(2)3/h7-15H,4-6H2,1-3H3. The molecular formula is C16H24. The van der Waals surface area contributed by atoms with E-state index < -0.39 is 0 Å². The van der Waals surface area contributed by atoms with Crippen LogP contribution in [-0.2, 0) is 0 Å². The smallest absolute Gasteiger partial charge is 0.0348 e. The Balaban J connectivity index is 3.67. The molecule has 0 fully saturated rings. The molecule has 0 atom stereocenters. The maximum absolute atomic E-state index is 2.22. The lowest BCUT2D eigenvalue weighted by molar-refractivity contribution is 0.815. The van der Waals surface area contributed by atoms with Gasteiger partial charge in [-0.3, -0.25) is 0 Å². The van der Waals surface area contributed by atoms with Crippen molar-refractivity contribution in [1.29, 1.82) is 0 Å². The Morgan fingerprint density at radius 2 is 1.38 bits per heavy atom. The number of rotatable bonds is 7. The summed E-state index contributed by atoms with van der Waals surface area (Å²) < 4.78 is 0. The molecule has 0 unspecified atom stereocenters. The molecule has 0 aromatic rings. The van der Waals surface area contributed by atoms with E-state index in [0.29, 0.717) is 0 Å². The van der Waals surface area contributed by atoms with Gasteiger partial charge in [0.05, 0.1) is 0 Å². The first-order valence-corrected chi connectivity index (χ1v) is 6.07. The van der Waals surface area contributed by atoms with Crippen LogP contribution in [0, 0.1) is 0 Å². The van der Waals surface area contributed by atoms with Crippen molar-refractivity contribution in [2.75, 3.05) is 0 Å². The highest BCUT2D eigenvalue weighted by Crippen LogP contribution is 1.95. The van der Waals surface area contributed by atoms with Crippen molar-refractivity contribution < 1.29 is 0 Å². The van der Waals surface area contributed by atoms with Crippen molar-refractivity contribution in [3.63, 3.8) is 0 Å². The van der Waals surface area contributed by atoms with Crippen LogP contribution in [0.4, 0.5) is 0 Å². The van der Waals surface area contributed by atoms with Crippen LogP contribution in [0.25, 0.3) is 0 Å². The Kier molecular flexibility index (Phi) is 10.8. The van der Waals surface area contributed by atoms with Crippen LogP contribution in [-0.4, -0.2) is 0 Å². The minimum Gasteiger partial charge on any atom is -0.0845 e. The number of allylic oxidation sites excluding steroid dienone is 10. The summed E-state index contributed by atoms with van der Waals surface area (Å²) >= 11 is 0. The maximum Gasteiger partial charge on any atom is -0.0348 e. The van der Waals surface area contributed by atoms with Crippen molar-refractivity contribution >= 4 is 0 Å². The molecule has 0 amide bonds. The van der Waals surface area contributed by atoms with Crippen molar-refractivity contribution in [2.24, 2.45) is 0 Å². The van der Waals surface area contributed by atoms with E-state index in [1.165, 1.54) is 24.8 Å². The lowest BCUT2D eigenvalue weighted by atomic mass is 10.2. The fraction of sp³-hybridized carbons (Fsp3) is 0.375. The van der Waals surface area contributed by atoms with Gasteiger partial charge in [-0.1, -0.05) is 80.0 Å². The second kappa shape index (κ2) is 11.8. The van der Waals surface area contributed by atoms with E-state index in [-0.39, 0.29) is 0 Å². The quantitative estimate of drug-likeness (QED) is 0.396. The van der Waals surface area contributed by atoms with Crippen LogP contribution in [0.3, 0.4) is 0 Å². The van der Waals surface area contributed by atoms with Gasteiger partial charge >= 0.3 is 0 Å². The van der Waals surface area contributed by atoms with Crippen molar-refractivity contribution in [1.82, 2.24) is 0 Å². The lowest BCUT2D eigenvalue weighted by Gasteiger charge is -1.85. The van der Waals surface area contributed by atoms with Crippen LogP contribution >= 0.6 is 0 Å². The maximum atomic E-state index is 2.22. The molecule has 0 aromatic heterocycles. The molecule has 88 valence electrons. The number of unbranched alkanes of at least 4 members (excludes halogenated alkanes) is 2. The number of hydrogen-bond acceptors (Lipinski definition) is 0. The zero-order valence-electron chi connectivity index (χ0n) is 10.8. The van der Waals surface area contributed by atoms with Crippen molar-refractivity contribution in [2.45, 2.75) is 40.0 Å². The topological polar surface area (TPSA) is 0 Å². The summed E-state index contributed by atoms with van der Waals surface area (Å²) in [6, 6.07) is 0. The average molecular weight is 216 g/mol.